The Hall–Kier alpha value is -1.03. The summed E-state index contributed by atoms with van der Waals surface area (Å²) in [4.78, 5) is 5.07. The topological polar surface area (TPSA) is 33.1 Å². The second kappa shape index (κ2) is 5.40. The monoisotopic (exact) mass is 274 g/mol. The first-order chi connectivity index (χ1) is 9.93. The van der Waals surface area contributed by atoms with E-state index in [4.69, 9.17) is 4.98 Å². The van der Waals surface area contributed by atoms with E-state index in [1.807, 2.05) is 0 Å². The molecule has 4 nitrogen and oxygen atoms in total. The van der Waals surface area contributed by atoms with Gasteiger partial charge < -0.3 is 10.3 Å². The third-order valence-corrected chi connectivity index (χ3v) is 5.22. The first kappa shape index (κ1) is 12.7. The summed E-state index contributed by atoms with van der Waals surface area (Å²) < 4.78 is 2.56. The van der Waals surface area contributed by atoms with E-state index in [1.54, 1.807) is 0 Å². The van der Waals surface area contributed by atoms with Crippen molar-refractivity contribution in [3.05, 3.63) is 17.2 Å². The molecule has 1 aromatic rings. The highest BCUT2D eigenvalue weighted by molar-refractivity contribution is 5.25. The van der Waals surface area contributed by atoms with Crippen LogP contribution < -0.4 is 10.3 Å². The lowest BCUT2D eigenvalue weighted by atomic mass is 10.1. The Morgan fingerprint density at radius 1 is 1.00 bits per heavy atom. The predicted octanol–water partition coefficient (Wildman–Crippen LogP) is 2.31. The predicted molar refractivity (Wildman–Crippen MR) is 80.6 cm³/mol. The summed E-state index contributed by atoms with van der Waals surface area (Å²) >= 11 is 0. The molecule has 4 heteroatoms. The minimum atomic E-state index is 0.711. The van der Waals surface area contributed by atoms with Crippen molar-refractivity contribution in [1.29, 1.82) is 0 Å². The molecule has 110 valence electrons. The van der Waals surface area contributed by atoms with Crippen LogP contribution in [0.5, 0.6) is 0 Å². The lowest BCUT2D eigenvalue weighted by molar-refractivity contribution is 0.443. The van der Waals surface area contributed by atoms with Crippen molar-refractivity contribution in [2.45, 2.75) is 63.8 Å². The van der Waals surface area contributed by atoms with Gasteiger partial charge in [0.2, 0.25) is 0 Å². The number of piperidine rings is 1. The van der Waals surface area contributed by atoms with Gasteiger partial charge >= 0.3 is 0 Å². The molecule has 0 atom stereocenters. The third-order valence-electron chi connectivity index (χ3n) is 5.22. The van der Waals surface area contributed by atoms with Gasteiger partial charge in [0.15, 0.2) is 0 Å². The van der Waals surface area contributed by atoms with Gasteiger partial charge in [0.25, 0.3) is 0 Å². The summed E-state index contributed by atoms with van der Waals surface area (Å²) in [6.07, 6.45) is 10.7. The molecule has 0 amide bonds. The van der Waals surface area contributed by atoms with E-state index in [0.717, 1.165) is 19.5 Å². The van der Waals surface area contributed by atoms with Gasteiger partial charge in [-0.15, -0.1) is 0 Å². The maximum atomic E-state index is 5.07. The van der Waals surface area contributed by atoms with Crippen LogP contribution in [0.3, 0.4) is 0 Å². The molecule has 2 fully saturated rings. The third kappa shape index (κ3) is 2.14. The standard InChI is InChI=1S/C16H26N4/c1-4-10-19(11-5-1)20-15-8-9-17-12-14(15)18-16(20)13-6-2-3-7-13/h13,17H,1-12H2. The van der Waals surface area contributed by atoms with Crippen molar-refractivity contribution in [1.82, 2.24) is 15.0 Å². The molecule has 1 saturated heterocycles. The Labute approximate surface area is 121 Å². The molecule has 3 aliphatic rings. The van der Waals surface area contributed by atoms with Crippen LogP contribution in [-0.4, -0.2) is 29.3 Å². The zero-order chi connectivity index (χ0) is 13.4. The number of hydrogen-bond acceptors (Lipinski definition) is 3. The van der Waals surface area contributed by atoms with Gasteiger partial charge in [-0.25, -0.2) is 9.66 Å². The van der Waals surface area contributed by atoms with Crippen LogP contribution in [0.4, 0.5) is 0 Å². The molecule has 4 rings (SSSR count). The molecule has 1 aromatic heterocycles. The summed E-state index contributed by atoms with van der Waals surface area (Å²) in [5, 5.41) is 6.07. The number of hydrogen-bond donors (Lipinski definition) is 1. The average molecular weight is 274 g/mol. The minimum Gasteiger partial charge on any atom is -0.311 e. The van der Waals surface area contributed by atoms with Crippen LogP contribution in [0, 0.1) is 0 Å². The number of nitrogens with zero attached hydrogens (tertiary/aromatic N) is 3. The summed E-state index contributed by atoms with van der Waals surface area (Å²) in [6.45, 7) is 4.51. The van der Waals surface area contributed by atoms with Crippen molar-refractivity contribution < 1.29 is 0 Å². The molecule has 0 unspecified atom stereocenters. The average Bonchev–Trinajstić information content (AvgIpc) is 3.15. The number of rotatable bonds is 2. The smallest absolute Gasteiger partial charge is 0.131 e. The lowest BCUT2D eigenvalue weighted by Crippen LogP contribution is -2.42. The van der Waals surface area contributed by atoms with Gasteiger partial charge in [-0.2, -0.15) is 0 Å². The molecule has 3 heterocycles. The molecule has 1 aliphatic carbocycles. The molecule has 20 heavy (non-hydrogen) atoms. The van der Waals surface area contributed by atoms with E-state index in [9.17, 15) is 0 Å². The normalized spacial score (nSPS) is 24.1. The number of aromatic nitrogens is 2. The van der Waals surface area contributed by atoms with Gasteiger partial charge in [-0.3, -0.25) is 0 Å². The highest BCUT2D eigenvalue weighted by Gasteiger charge is 2.29. The fourth-order valence-electron chi connectivity index (χ4n) is 4.16. The zero-order valence-electron chi connectivity index (χ0n) is 12.4. The summed E-state index contributed by atoms with van der Waals surface area (Å²) in [6, 6.07) is 0. The Morgan fingerprint density at radius 3 is 2.60 bits per heavy atom. The van der Waals surface area contributed by atoms with Crippen molar-refractivity contribution in [3.8, 4) is 0 Å². The van der Waals surface area contributed by atoms with Crippen LogP contribution in [0.25, 0.3) is 0 Å². The maximum absolute atomic E-state index is 5.07. The largest absolute Gasteiger partial charge is 0.311 e. The summed E-state index contributed by atoms with van der Waals surface area (Å²) in [7, 11) is 0. The molecule has 1 N–H and O–H groups in total. The van der Waals surface area contributed by atoms with Crippen molar-refractivity contribution >= 4 is 0 Å². The highest BCUT2D eigenvalue weighted by Crippen LogP contribution is 2.35. The van der Waals surface area contributed by atoms with Crippen molar-refractivity contribution in [2.24, 2.45) is 0 Å². The second-order valence-electron chi connectivity index (χ2n) is 6.60. The molecule has 1 saturated carbocycles. The van der Waals surface area contributed by atoms with Crippen molar-refractivity contribution in [2.75, 3.05) is 24.6 Å². The van der Waals surface area contributed by atoms with E-state index >= 15 is 0 Å². The quantitative estimate of drug-likeness (QED) is 0.898. The number of fused-ring (bicyclic) bond motifs is 1. The number of nitrogens with one attached hydrogen (secondary N) is 1. The van der Waals surface area contributed by atoms with Crippen LogP contribution in [-0.2, 0) is 13.0 Å². The Bertz CT molecular complexity index is 467. The second-order valence-corrected chi connectivity index (χ2v) is 6.60. The van der Waals surface area contributed by atoms with E-state index in [2.05, 4.69) is 15.0 Å². The Balaban J connectivity index is 1.73. The molecule has 0 bridgehead atoms. The van der Waals surface area contributed by atoms with E-state index < -0.39 is 0 Å². The van der Waals surface area contributed by atoms with Crippen LogP contribution in [0.2, 0.25) is 0 Å². The fourth-order valence-corrected chi connectivity index (χ4v) is 4.16. The number of imidazole rings is 1. The minimum absolute atomic E-state index is 0.711. The van der Waals surface area contributed by atoms with Gasteiger partial charge in [-0.05, 0) is 32.1 Å². The molecule has 0 aromatic carbocycles. The van der Waals surface area contributed by atoms with Crippen LogP contribution in [0.1, 0.15) is 68.1 Å². The Kier molecular flexibility index (Phi) is 3.42. The van der Waals surface area contributed by atoms with E-state index in [-0.39, 0.29) is 0 Å². The zero-order valence-corrected chi connectivity index (χ0v) is 12.4. The van der Waals surface area contributed by atoms with E-state index in [0.29, 0.717) is 5.92 Å². The van der Waals surface area contributed by atoms with Crippen LogP contribution >= 0.6 is 0 Å². The van der Waals surface area contributed by atoms with Gasteiger partial charge in [0, 0.05) is 38.5 Å². The fraction of sp³-hybridized carbons (Fsp3) is 0.812. The SMILES string of the molecule is C1CCN(n2c(C3CCCC3)nc3c2CCNC3)CC1. The first-order valence-electron chi connectivity index (χ1n) is 8.50. The van der Waals surface area contributed by atoms with Gasteiger partial charge in [0.05, 0.1) is 11.4 Å². The molecular weight excluding hydrogens is 248 g/mol. The first-order valence-corrected chi connectivity index (χ1v) is 8.50. The van der Waals surface area contributed by atoms with E-state index in [1.165, 1.54) is 75.2 Å². The highest BCUT2D eigenvalue weighted by atomic mass is 15.6. The maximum Gasteiger partial charge on any atom is 0.131 e. The Morgan fingerprint density at radius 2 is 1.80 bits per heavy atom. The van der Waals surface area contributed by atoms with Gasteiger partial charge in [-0.1, -0.05) is 12.8 Å². The summed E-state index contributed by atoms with van der Waals surface area (Å²) in [5.74, 6) is 2.10. The molecule has 0 spiro atoms. The summed E-state index contributed by atoms with van der Waals surface area (Å²) in [5.41, 5.74) is 2.83. The lowest BCUT2D eigenvalue weighted by Gasteiger charge is -2.34. The van der Waals surface area contributed by atoms with Crippen LogP contribution in [0.15, 0.2) is 0 Å². The molecule has 2 aliphatic heterocycles. The molecule has 0 radical (unpaired) electrons. The van der Waals surface area contributed by atoms with Crippen molar-refractivity contribution in [3.63, 3.8) is 0 Å². The molecular formula is C16H26N4. The van der Waals surface area contributed by atoms with Gasteiger partial charge in [0.1, 0.15) is 5.82 Å².